The maximum atomic E-state index is 10.2. The molecule has 0 bridgehead atoms. The fourth-order valence-electron chi connectivity index (χ4n) is 0.404. The van der Waals surface area contributed by atoms with Gasteiger partial charge in [0.1, 0.15) is 7.11 Å². The molecular weight excluding hydrogens is 169 g/mol. The van der Waals surface area contributed by atoms with Crippen LogP contribution in [0, 0.1) is 0 Å². The Morgan fingerprint density at radius 2 is 2.18 bits per heavy atom. The molecule has 11 heavy (non-hydrogen) atoms. The van der Waals surface area contributed by atoms with Crippen molar-refractivity contribution < 1.29 is 18.8 Å². The second-order valence-electron chi connectivity index (χ2n) is 2.35. The summed E-state index contributed by atoms with van der Waals surface area (Å²) in [5.41, 5.74) is -0.877. The van der Waals surface area contributed by atoms with Gasteiger partial charge < -0.3 is 4.84 Å². The molecule has 0 aliphatic heterocycles. The fraction of sp³-hybridized carbons (Fsp3) is 0.800. The van der Waals surface area contributed by atoms with Crippen LogP contribution in [0.4, 0.5) is 0 Å². The van der Waals surface area contributed by atoms with Gasteiger partial charge in [-0.25, -0.2) is 0 Å². The van der Waals surface area contributed by atoms with Gasteiger partial charge in [-0.3, -0.25) is 0 Å². The van der Waals surface area contributed by atoms with E-state index in [4.69, 9.17) is 4.89 Å². The Morgan fingerprint density at radius 3 is 2.55 bits per heavy atom. The maximum absolute atomic E-state index is 10.2. The summed E-state index contributed by atoms with van der Waals surface area (Å²) in [5, 5.41) is 3.41. The summed E-state index contributed by atoms with van der Waals surface area (Å²) >= 11 is 0. The highest BCUT2D eigenvalue weighted by Crippen LogP contribution is 2.23. The fourth-order valence-corrected chi connectivity index (χ4v) is 0.854. The van der Waals surface area contributed by atoms with E-state index in [9.17, 15) is 4.57 Å². The third-order valence-electron chi connectivity index (χ3n) is 0.782. The first-order valence-electron chi connectivity index (χ1n) is 2.91. The monoisotopic (exact) mass is 180 g/mol. The lowest BCUT2D eigenvalue weighted by atomic mass is 10.2. The van der Waals surface area contributed by atoms with Gasteiger partial charge in [-0.05, 0) is 13.8 Å². The second-order valence-corrected chi connectivity index (χ2v) is 3.01. The molecule has 0 aliphatic rings. The van der Waals surface area contributed by atoms with Crippen molar-refractivity contribution in [3.8, 4) is 0 Å². The van der Waals surface area contributed by atoms with Crippen LogP contribution in [0.1, 0.15) is 13.8 Å². The molecule has 64 valence electrons. The van der Waals surface area contributed by atoms with Crippen LogP contribution in [0.15, 0.2) is 5.16 Å². The standard InChI is InChI=1S/C5H10NO4P/c1-5(2,4-6-9-3)10-11(7)8/h4H,1-3H3/p+1. The zero-order chi connectivity index (χ0) is 8.91. The van der Waals surface area contributed by atoms with Crippen LogP contribution in [-0.2, 0) is 13.9 Å². The van der Waals surface area contributed by atoms with Crippen molar-refractivity contribution in [2.24, 2.45) is 5.16 Å². The van der Waals surface area contributed by atoms with E-state index in [-0.39, 0.29) is 0 Å². The van der Waals surface area contributed by atoms with Crippen molar-refractivity contribution in [3.63, 3.8) is 0 Å². The minimum atomic E-state index is -2.60. The van der Waals surface area contributed by atoms with E-state index in [2.05, 4.69) is 14.5 Å². The Morgan fingerprint density at radius 1 is 1.64 bits per heavy atom. The summed E-state index contributed by atoms with van der Waals surface area (Å²) in [7, 11) is -1.22. The van der Waals surface area contributed by atoms with Gasteiger partial charge in [-0.1, -0.05) is 5.16 Å². The molecule has 0 aromatic carbocycles. The van der Waals surface area contributed by atoms with Crippen LogP contribution in [0.3, 0.4) is 0 Å². The predicted molar refractivity (Wildman–Crippen MR) is 40.5 cm³/mol. The Bertz CT molecular complexity index is 168. The molecule has 6 heteroatoms. The van der Waals surface area contributed by atoms with Gasteiger partial charge in [-0.2, -0.15) is 0 Å². The molecule has 0 radical (unpaired) electrons. The molecule has 1 unspecified atom stereocenters. The predicted octanol–water partition coefficient (Wildman–Crippen LogP) is 1.06. The Labute approximate surface area is 65.9 Å². The van der Waals surface area contributed by atoms with Gasteiger partial charge in [0.2, 0.25) is 0 Å². The molecule has 0 aliphatic carbocycles. The molecule has 0 aromatic rings. The van der Waals surface area contributed by atoms with E-state index in [1.807, 2.05) is 0 Å². The molecule has 0 fully saturated rings. The molecule has 0 saturated heterocycles. The van der Waals surface area contributed by atoms with Gasteiger partial charge in [0.05, 0.1) is 6.21 Å². The lowest BCUT2D eigenvalue weighted by Gasteiger charge is -2.07. The van der Waals surface area contributed by atoms with E-state index < -0.39 is 13.9 Å². The van der Waals surface area contributed by atoms with E-state index >= 15 is 0 Å². The second kappa shape index (κ2) is 4.38. The molecule has 1 atom stereocenters. The van der Waals surface area contributed by atoms with Crippen LogP contribution < -0.4 is 0 Å². The smallest absolute Gasteiger partial charge is 0.399 e. The first-order chi connectivity index (χ1) is 4.98. The van der Waals surface area contributed by atoms with Crippen LogP contribution in [-0.4, -0.2) is 23.8 Å². The zero-order valence-electron chi connectivity index (χ0n) is 6.64. The number of nitrogens with zero attached hydrogens (tertiary/aromatic N) is 1. The molecule has 0 heterocycles. The summed E-state index contributed by atoms with van der Waals surface area (Å²) in [5.74, 6) is 0. The van der Waals surface area contributed by atoms with E-state index in [0.29, 0.717) is 0 Å². The van der Waals surface area contributed by atoms with Crippen LogP contribution in [0.5, 0.6) is 0 Å². The highest BCUT2D eigenvalue weighted by atomic mass is 31.1. The minimum Gasteiger partial charge on any atom is -0.399 e. The highest BCUT2D eigenvalue weighted by Gasteiger charge is 2.29. The molecule has 0 aromatic heterocycles. The van der Waals surface area contributed by atoms with Crippen molar-refractivity contribution in [2.75, 3.05) is 7.11 Å². The number of hydrogen-bond donors (Lipinski definition) is 1. The molecule has 0 spiro atoms. The van der Waals surface area contributed by atoms with Crippen molar-refractivity contribution >= 4 is 14.5 Å². The van der Waals surface area contributed by atoms with Crippen molar-refractivity contribution in [3.05, 3.63) is 0 Å². The number of oxime groups is 1. The summed E-state index contributed by atoms with van der Waals surface area (Å²) in [6.45, 7) is 3.19. The Hall–Kier alpha value is -0.510. The first kappa shape index (κ1) is 10.5. The van der Waals surface area contributed by atoms with Crippen molar-refractivity contribution in [1.29, 1.82) is 0 Å². The van der Waals surface area contributed by atoms with Gasteiger partial charge in [0.25, 0.3) is 0 Å². The lowest BCUT2D eigenvalue weighted by Crippen LogP contribution is -2.22. The molecule has 1 N–H and O–H groups in total. The largest absolute Gasteiger partial charge is 0.695 e. The number of rotatable bonds is 4. The number of hydrogen-bond acceptors (Lipinski definition) is 4. The van der Waals surface area contributed by atoms with Crippen molar-refractivity contribution in [1.82, 2.24) is 0 Å². The molecule has 0 rings (SSSR count). The van der Waals surface area contributed by atoms with Crippen LogP contribution >= 0.6 is 8.25 Å². The van der Waals surface area contributed by atoms with Gasteiger partial charge in [-0.15, -0.1) is 9.42 Å². The molecule has 0 amide bonds. The average Bonchev–Trinajstić information content (AvgIpc) is 1.81. The summed E-state index contributed by atoms with van der Waals surface area (Å²) in [6.07, 6.45) is 1.30. The van der Waals surface area contributed by atoms with Crippen LogP contribution in [0.25, 0.3) is 0 Å². The summed E-state index contributed by atoms with van der Waals surface area (Å²) in [4.78, 5) is 12.7. The third-order valence-corrected chi connectivity index (χ3v) is 1.41. The minimum absolute atomic E-state index is 0.877. The Kier molecular flexibility index (Phi) is 4.18. The normalized spacial score (nSPS) is 13.6. The molecular formula is C5H11NO4P+. The van der Waals surface area contributed by atoms with E-state index in [0.717, 1.165) is 0 Å². The summed E-state index contributed by atoms with van der Waals surface area (Å²) in [6, 6.07) is 0. The van der Waals surface area contributed by atoms with E-state index in [1.54, 1.807) is 13.8 Å². The molecule has 0 saturated carbocycles. The van der Waals surface area contributed by atoms with Gasteiger partial charge in [0.15, 0.2) is 5.60 Å². The maximum Gasteiger partial charge on any atom is 0.695 e. The quantitative estimate of drug-likeness (QED) is 0.399. The SMILES string of the molecule is CON=CC(C)(C)O[P+](=O)O. The highest BCUT2D eigenvalue weighted by molar-refractivity contribution is 7.32. The van der Waals surface area contributed by atoms with Gasteiger partial charge >= 0.3 is 8.25 Å². The lowest BCUT2D eigenvalue weighted by molar-refractivity contribution is 0.161. The first-order valence-corrected chi connectivity index (χ1v) is 4.04. The topological polar surface area (TPSA) is 68.1 Å². The van der Waals surface area contributed by atoms with Crippen LogP contribution in [0.2, 0.25) is 0 Å². The van der Waals surface area contributed by atoms with Gasteiger partial charge in [0, 0.05) is 4.57 Å². The van der Waals surface area contributed by atoms with E-state index in [1.165, 1.54) is 13.3 Å². The zero-order valence-corrected chi connectivity index (χ0v) is 7.54. The Balaban J connectivity index is 3.99. The average molecular weight is 180 g/mol. The molecule has 5 nitrogen and oxygen atoms in total. The van der Waals surface area contributed by atoms with Crippen molar-refractivity contribution in [2.45, 2.75) is 19.4 Å². The third kappa shape index (κ3) is 5.91. The summed E-state index contributed by atoms with van der Waals surface area (Å²) < 4.78 is 14.8.